The molecule has 1 atom stereocenters. The van der Waals surface area contributed by atoms with Gasteiger partial charge in [0.25, 0.3) is 0 Å². The first-order chi connectivity index (χ1) is 8.15. The van der Waals surface area contributed by atoms with E-state index in [1.807, 2.05) is 0 Å². The molecule has 0 saturated carbocycles. The van der Waals surface area contributed by atoms with Crippen molar-refractivity contribution < 1.29 is 9.21 Å². The fourth-order valence-electron chi connectivity index (χ4n) is 1.24. The SMILES string of the molecule is CC(N)CC(=O)Nc1nnc(-c2ccco2)s1.Cl. The summed E-state index contributed by atoms with van der Waals surface area (Å²) in [5.41, 5.74) is 5.52. The van der Waals surface area contributed by atoms with Gasteiger partial charge in [-0.15, -0.1) is 22.6 Å². The third kappa shape index (κ3) is 3.80. The van der Waals surface area contributed by atoms with Crippen molar-refractivity contribution in [3.8, 4) is 10.8 Å². The molecule has 2 heterocycles. The molecule has 18 heavy (non-hydrogen) atoms. The molecule has 1 unspecified atom stereocenters. The summed E-state index contributed by atoms with van der Waals surface area (Å²) in [6.45, 7) is 1.77. The summed E-state index contributed by atoms with van der Waals surface area (Å²) >= 11 is 1.26. The average Bonchev–Trinajstić information content (AvgIpc) is 2.84. The van der Waals surface area contributed by atoms with Crippen molar-refractivity contribution in [2.45, 2.75) is 19.4 Å². The van der Waals surface area contributed by atoms with E-state index in [-0.39, 0.29) is 30.8 Å². The molecule has 2 aromatic rings. The zero-order valence-corrected chi connectivity index (χ0v) is 11.3. The molecular weight excluding hydrogens is 276 g/mol. The summed E-state index contributed by atoms with van der Waals surface area (Å²) in [4.78, 5) is 11.4. The maximum Gasteiger partial charge on any atom is 0.227 e. The summed E-state index contributed by atoms with van der Waals surface area (Å²) in [6.07, 6.45) is 1.82. The maximum absolute atomic E-state index is 11.4. The molecule has 0 aliphatic carbocycles. The molecule has 0 aromatic carbocycles. The molecule has 6 nitrogen and oxygen atoms in total. The molecule has 0 saturated heterocycles. The van der Waals surface area contributed by atoms with Gasteiger partial charge in [0.05, 0.1) is 6.26 Å². The first kappa shape index (κ1) is 14.6. The summed E-state index contributed by atoms with van der Waals surface area (Å²) < 4.78 is 5.18. The second-order valence-electron chi connectivity index (χ2n) is 3.62. The predicted octanol–water partition coefficient (Wildman–Crippen LogP) is 1.90. The average molecular weight is 289 g/mol. The highest BCUT2D eigenvalue weighted by molar-refractivity contribution is 7.18. The highest BCUT2D eigenvalue weighted by Gasteiger charge is 2.11. The maximum atomic E-state index is 11.4. The molecule has 2 rings (SSSR count). The van der Waals surface area contributed by atoms with Crippen LogP contribution < -0.4 is 11.1 Å². The molecule has 1 amide bonds. The third-order valence-corrected chi connectivity index (χ3v) is 2.76. The predicted molar refractivity (Wildman–Crippen MR) is 71.8 cm³/mol. The van der Waals surface area contributed by atoms with Crippen molar-refractivity contribution in [1.29, 1.82) is 0 Å². The molecule has 3 N–H and O–H groups in total. The normalized spacial score (nSPS) is 11.7. The van der Waals surface area contributed by atoms with Crippen molar-refractivity contribution >= 4 is 34.8 Å². The van der Waals surface area contributed by atoms with Crippen LogP contribution in [0.2, 0.25) is 0 Å². The first-order valence-corrected chi connectivity index (χ1v) is 5.89. The number of nitrogens with zero attached hydrogens (tertiary/aromatic N) is 2. The van der Waals surface area contributed by atoms with Gasteiger partial charge in [0, 0.05) is 12.5 Å². The zero-order valence-electron chi connectivity index (χ0n) is 9.62. The van der Waals surface area contributed by atoms with E-state index in [9.17, 15) is 4.79 Å². The van der Waals surface area contributed by atoms with E-state index < -0.39 is 0 Å². The number of carbonyl (C=O) groups excluding carboxylic acids is 1. The van der Waals surface area contributed by atoms with Crippen LogP contribution in [0.1, 0.15) is 13.3 Å². The molecule has 0 fully saturated rings. The highest BCUT2D eigenvalue weighted by Crippen LogP contribution is 2.26. The van der Waals surface area contributed by atoms with Gasteiger partial charge in [-0.25, -0.2) is 0 Å². The van der Waals surface area contributed by atoms with Crippen LogP contribution in [-0.4, -0.2) is 22.1 Å². The number of carbonyl (C=O) groups is 1. The van der Waals surface area contributed by atoms with Crippen LogP contribution in [0.3, 0.4) is 0 Å². The summed E-state index contributed by atoms with van der Waals surface area (Å²) in [5, 5.41) is 11.5. The van der Waals surface area contributed by atoms with E-state index >= 15 is 0 Å². The second kappa shape index (κ2) is 6.48. The number of hydrogen-bond acceptors (Lipinski definition) is 6. The minimum absolute atomic E-state index is 0. The van der Waals surface area contributed by atoms with Gasteiger partial charge < -0.3 is 15.5 Å². The minimum atomic E-state index is -0.174. The van der Waals surface area contributed by atoms with E-state index in [2.05, 4.69) is 15.5 Å². The minimum Gasteiger partial charge on any atom is -0.462 e. The number of nitrogens with one attached hydrogen (secondary N) is 1. The van der Waals surface area contributed by atoms with Crippen LogP contribution in [0.4, 0.5) is 5.13 Å². The summed E-state index contributed by atoms with van der Waals surface area (Å²) in [7, 11) is 0. The Morgan fingerprint density at radius 2 is 2.39 bits per heavy atom. The molecule has 2 aromatic heterocycles. The van der Waals surface area contributed by atoms with Crippen molar-refractivity contribution in [1.82, 2.24) is 10.2 Å². The second-order valence-corrected chi connectivity index (χ2v) is 4.60. The topological polar surface area (TPSA) is 94.0 Å². The summed E-state index contributed by atoms with van der Waals surface area (Å²) in [5.74, 6) is 0.470. The lowest BCUT2D eigenvalue weighted by molar-refractivity contribution is -0.116. The van der Waals surface area contributed by atoms with Crippen LogP contribution >= 0.6 is 23.7 Å². The van der Waals surface area contributed by atoms with Crippen molar-refractivity contribution in [3.63, 3.8) is 0 Å². The smallest absolute Gasteiger partial charge is 0.227 e. The number of rotatable bonds is 4. The Hall–Kier alpha value is -1.44. The molecule has 0 aliphatic rings. The van der Waals surface area contributed by atoms with Gasteiger partial charge in [-0.3, -0.25) is 4.79 Å². The van der Waals surface area contributed by atoms with E-state index in [1.165, 1.54) is 11.3 Å². The number of anilines is 1. The van der Waals surface area contributed by atoms with Crippen molar-refractivity contribution in [2.24, 2.45) is 5.73 Å². The Balaban J connectivity index is 0.00000162. The van der Waals surface area contributed by atoms with E-state index in [1.54, 1.807) is 25.3 Å². The van der Waals surface area contributed by atoms with Gasteiger partial charge in [0.1, 0.15) is 0 Å². The lowest BCUT2D eigenvalue weighted by Crippen LogP contribution is -2.23. The van der Waals surface area contributed by atoms with Gasteiger partial charge in [0.15, 0.2) is 10.8 Å². The molecule has 98 valence electrons. The number of amides is 1. The Morgan fingerprint density at radius 1 is 1.61 bits per heavy atom. The fourth-order valence-corrected chi connectivity index (χ4v) is 1.96. The summed E-state index contributed by atoms with van der Waals surface area (Å²) in [6, 6.07) is 3.38. The highest BCUT2D eigenvalue weighted by atomic mass is 35.5. The van der Waals surface area contributed by atoms with Gasteiger partial charge >= 0.3 is 0 Å². The largest absolute Gasteiger partial charge is 0.462 e. The number of furan rings is 1. The van der Waals surface area contributed by atoms with Crippen LogP contribution in [0.5, 0.6) is 0 Å². The molecule has 0 bridgehead atoms. The van der Waals surface area contributed by atoms with Gasteiger partial charge in [-0.1, -0.05) is 11.3 Å². The Labute approximate surface area is 114 Å². The van der Waals surface area contributed by atoms with Crippen LogP contribution in [-0.2, 0) is 4.79 Å². The number of halogens is 1. The molecule has 0 radical (unpaired) electrons. The monoisotopic (exact) mass is 288 g/mol. The van der Waals surface area contributed by atoms with Gasteiger partial charge in [0.2, 0.25) is 11.0 Å². The van der Waals surface area contributed by atoms with Crippen LogP contribution in [0.15, 0.2) is 22.8 Å². The van der Waals surface area contributed by atoms with E-state index in [0.717, 1.165) is 0 Å². The number of aromatic nitrogens is 2. The third-order valence-electron chi connectivity index (χ3n) is 1.91. The lowest BCUT2D eigenvalue weighted by Gasteiger charge is -2.02. The first-order valence-electron chi connectivity index (χ1n) is 5.08. The number of nitrogens with two attached hydrogens (primary N) is 1. The molecule has 0 aliphatic heterocycles. The Bertz CT molecular complexity index is 498. The quantitative estimate of drug-likeness (QED) is 0.896. The molecular formula is C10H13ClN4O2S. The standard InChI is InChI=1S/C10H12N4O2S.ClH/c1-6(11)5-8(15)12-10-14-13-9(17-10)7-3-2-4-16-7;/h2-4,6H,5,11H2,1H3,(H,12,14,15);1H. The Morgan fingerprint density at radius 3 is 3.00 bits per heavy atom. The lowest BCUT2D eigenvalue weighted by atomic mass is 10.2. The van der Waals surface area contributed by atoms with E-state index in [0.29, 0.717) is 15.9 Å². The zero-order chi connectivity index (χ0) is 12.3. The van der Waals surface area contributed by atoms with Gasteiger partial charge in [-0.05, 0) is 19.1 Å². The Kier molecular flexibility index (Phi) is 5.26. The molecule has 8 heteroatoms. The fraction of sp³-hybridized carbons (Fsp3) is 0.300. The molecule has 0 spiro atoms. The van der Waals surface area contributed by atoms with Crippen LogP contribution in [0.25, 0.3) is 10.8 Å². The van der Waals surface area contributed by atoms with Gasteiger partial charge in [-0.2, -0.15) is 0 Å². The van der Waals surface area contributed by atoms with Crippen LogP contribution in [0, 0.1) is 0 Å². The van der Waals surface area contributed by atoms with E-state index in [4.69, 9.17) is 10.2 Å². The van der Waals surface area contributed by atoms with Crippen molar-refractivity contribution in [3.05, 3.63) is 18.4 Å². The van der Waals surface area contributed by atoms with Crippen molar-refractivity contribution in [2.75, 3.05) is 5.32 Å². The number of hydrogen-bond donors (Lipinski definition) is 2.